The maximum absolute atomic E-state index is 13.2. The first-order chi connectivity index (χ1) is 14.6. The third-order valence-electron chi connectivity index (χ3n) is 5.38. The fourth-order valence-corrected chi connectivity index (χ4v) is 3.70. The second kappa shape index (κ2) is 8.59. The number of carbonyl (C=O) groups excluding carboxylic acids is 2. The molecule has 1 N–H and O–H groups in total. The molecule has 2 aromatic heterocycles. The second-order valence-corrected chi connectivity index (χ2v) is 7.32. The molecule has 0 saturated heterocycles. The summed E-state index contributed by atoms with van der Waals surface area (Å²) >= 11 is 0. The molecule has 7 heteroatoms. The molecule has 1 aliphatic heterocycles. The van der Waals surface area contributed by atoms with E-state index in [0.29, 0.717) is 17.8 Å². The predicted octanol–water partition coefficient (Wildman–Crippen LogP) is 3.19. The van der Waals surface area contributed by atoms with Gasteiger partial charge in [0.05, 0.1) is 11.1 Å². The first kappa shape index (κ1) is 20.0. The zero-order valence-electron chi connectivity index (χ0n) is 17.1. The van der Waals surface area contributed by atoms with E-state index in [-0.39, 0.29) is 0 Å². The number of esters is 1. The lowest BCUT2D eigenvalue weighted by Gasteiger charge is -2.29. The number of anilines is 1. The summed E-state index contributed by atoms with van der Waals surface area (Å²) in [7, 11) is 0. The monoisotopic (exact) mass is 404 g/mol. The Balaban J connectivity index is 1.63. The molecule has 1 amide bonds. The van der Waals surface area contributed by atoms with Gasteiger partial charge in [-0.15, -0.1) is 0 Å². The SMILES string of the molecule is CCN1CCc2nc3ccccc3c(C(=O)OC(C)C(=O)Nc3ccncc3)c2C1. The Morgan fingerprint density at radius 2 is 1.97 bits per heavy atom. The molecule has 1 atom stereocenters. The summed E-state index contributed by atoms with van der Waals surface area (Å²) in [5.41, 5.74) is 3.70. The standard InChI is InChI=1S/C23H24N4O3/c1-3-27-13-10-20-18(14-27)21(17-6-4-5-7-19(17)26-20)23(29)30-15(2)22(28)25-16-8-11-24-12-9-16/h4-9,11-12,15H,3,10,13-14H2,1-2H3,(H,24,25,28). The Morgan fingerprint density at radius 1 is 1.20 bits per heavy atom. The van der Waals surface area contributed by atoms with Crippen LogP contribution in [0, 0.1) is 0 Å². The van der Waals surface area contributed by atoms with Crippen molar-refractivity contribution in [3.05, 3.63) is 65.6 Å². The Bertz CT molecular complexity index is 1080. The number of aromatic nitrogens is 2. The molecule has 1 unspecified atom stereocenters. The Kier molecular flexibility index (Phi) is 5.72. The Labute approximate surface area is 175 Å². The van der Waals surface area contributed by atoms with Crippen LogP contribution in [0.4, 0.5) is 5.69 Å². The molecule has 0 fully saturated rings. The molecule has 7 nitrogen and oxygen atoms in total. The van der Waals surface area contributed by atoms with Gasteiger partial charge in [-0.05, 0) is 31.7 Å². The van der Waals surface area contributed by atoms with Gasteiger partial charge in [0.15, 0.2) is 6.10 Å². The summed E-state index contributed by atoms with van der Waals surface area (Å²) in [5, 5.41) is 3.49. The van der Waals surface area contributed by atoms with Crippen LogP contribution in [-0.4, -0.2) is 45.9 Å². The number of pyridine rings is 2. The number of rotatable bonds is 5. The number of likely N-dealkylation sites (N-methyl/N-ethyl adjacent to an activating group) is 1. The number of hydrogen-bond donors (Lipinski definition) is 1. The molecule has 0 saturated carbocycles. The fourth-order valence-electron chi connectivity index (χ4n) is 3.70. The van der Waals surface area contributed by atoms with Crippen LogP contribution in [0.15, 0.2) is 48.8 Å². The van der Waals surface area contributed by atoms with Crippen molar-refractivity contribution in [3.8, 4) is 0 Å². The van der Waals surface area contributed by atoms with Crippen LogP contribution < -0.4 is 5.32 Å². The number of nitrogens with zero attached hydrogens (tertiary/aromatic N) is 3. The van der Waals surface area contributed by atoms with Crippen LogP contribution in [0.2, 0.25) is 0 Å². The number of fused-ring (bicyclic) bond motifs is 2. The molecule has 4 rings (SSSR count). The van der Waals surface area contributed by atoms with Crippen molar-refractivity contribution in [2.24, 2.45) is 0 Å². The maximum Gasteiger partial charge on any atom is 0.339 e. The molecular weight excluding hydrogens is 380 g/mol. The predicted molar refractivity (Wildman–Crippen MR) is 114 cm³/mol. The number of benzene rings is 1. The number of amides is 1. The second-order valence-electron chi connectivity index (χ2n) is 7.32. The van der Waals surface area contributed by atoms with E-state index in [4.69, 9.17) is 9.72 Å². The van der Waals surface area contributed by atoms with Crippen LogP contribution in [0.3, 0.4) is 0 Å². The van der Waals surface area contributed by atoms with Crippen molar-refractivity contribution in [1.82, 2.24) is 14.9 Å². The maximum atomic E-state index is 13.2. The molecule has 0 bridgehead atoms. The van der Waals surface area contributed by atoms with Crippen LogP contribution >= 0.6 is 0 Å². The zero-order valence-corrected chi connectivity index (χ0v) is 17.1. The Hall–Kier alpha value is -3.32. The van der Waals surface area contributed by atoms with E-state index in [2.05, 4.69) is 22.1 Å². The summed E-state index contributed by atoms with van der Waals surface area (Å²) in [6.45, 7) is 6.12. The van der Waals surface area contributed by atoms with Crippen molar-refractivity contribution in [2.45, 2.75) is 32.9 Å². The topological polar surface area (TPSA) is 84.4 Å². The van der Waals surface area contributed by atoms with Gasteiger partial charge in [-0.1, -0.05) is 25.1 Å². The number of ether oxygens (including phenoxy) is 1. The smallest absolute Gasteiger partial charge is 0.339 e. The van der Waals surface area contributed by atoms with Crippen molar-refractivity contribution in [2.75, 3.05) is 18.4 Å². The summed E-state index contributed by atoms with van der Waals surface area (Å²) in [4.78, 5) is 36.7. The lowest BCUT2D eigenvalue weighted by Crippen LogP contribution is -2.34. The summed E-state index contributed by atoms with van der Waals surface area (Å²) in [6, 6.07) is 10.9. The summed E-state index contributed by atoms with van der Waals surface area (Å²) < 4.78 is 5.60. The van der Waals surface area contributed by atoms with Crippen LogP contribution in [-0.2, 0) is 22.5 Å². The van der Waals surface area contributed by atoms with Gasteiger partial charge in [0.2, 0.25) is 0 Å². The van der Waals surface area contributed by atoms with E-state index in [0.717, 1.165) is 41.7 Å². The number of nitrogens with one attached hydrogen (secondary N) is 1. The molecule has 3 heterocycles. The fraction of sp³-hybridized carbons (Fsp3) is 0.304. The summed E-state index contributed by atoms with van der Waals surface area (Å²) in [6.07, 6.45) is 3.01. The van der Waals surface area contributed by atoms with Crippen molar-refractivity contribution >= 4 is 28.5 Å². The highest BCUT2D eigenvalue weighted by atomic mass is 16.5. The van der Waals surface area contributed by atoms with E-state index < -0.39 is 18.0 Å². The minimum atomic E-state index is -0.945. The third-order valence-corrected chi connectivity index (χ3v) is 5.38. The van der Waals surface area contributed by atoms with E-state index in [1.54, 1.807) is 31.5 Å². The largest absolute Gasteiger partial charge is 0.449 e. The molecule has 1 aliphatic rings. The highest BCUT2D eigenvalue weighted by Crippen LogP contribution is 2.29. The molecule has 0 aliphatic carbocycles. The van der Waals surface area contributed by atoms with Crippen LogP contribution in [0.5, 0.6) is 0 Å². The molecule has 1 aromatic carbocycles. The summed E-state index contributed by atoms with van der Waals surface area (Å²) in [5.74, 6) is -0.892. The molecule has 0 radical (unpaired) electrons. The van der Waals surface area contributed by atoms with Gasteiger partial charge < -0.3 is 10.1 Å². The normalized spacial score (nSPS) is 14.7. The lowest BCUT2D eigenvalue weighted by molar-refractivity contribution is -0.123. The number of hydrogen-bond acceptors (Lipinski definition) is 6. The van der Waals surface area contributed by atoms with Crippen molar-refractivity contribution in [3.63, 3.8) is 0 Å². The average Bonchev–Trinajstić information content (AvgIpc) is 2.77. The number of para-hydroxylation sites is 1. The van der Waals surface area contributed by atoms with Crippen LogP contribution in [0.25, 0.3) is 10.9 Å². The average molecular weight is 404 g/mol. The number of carbonyl (C=O) groups is 2. The van der Waals surface area contributed by atoms with Gasteiger partial charge in [0.1, 0.15) is 0 Å². The first-order valence-electron chi connectivity index (χ1n) is 10.1. The van der Waals surface area contributed by atoms with Gasteiger partial charge in [-0.3, -0.25) is 19.7 Å². The molecule has 0 spiro atoms. The van der Waals surface area contributed by atoms with Gasteiger partial charge >= 0.3 is 5.97 Å². The van der Waals surface area contributed by atoms with Gasteiger partial charge in [0, 0.05) is 54.2 Å². The van der Waals surface area contributed by atoms with Gasteiger partial charge in [-0.2, -0.15) is 0 Å². The molecule has 3 aromatic rings. The minimum absolute atomic E-state index is 0.392. The molecule has 154 valence electrons. The zero-order chi connectivity index (χ0) is 21.1. The van der Waals surface area contributed by atoms with E-state index in [9.17, 15) is 9.59 Å². The highest BCUT2D eigenvalue weighted by molar-refractivity contribution is 6.06. The van der Waals surface area contributed by atoms with Gasteiger partial charge in [0.25, 0.3) is 5.91 Å². The third kappa shape index (κ3) is 4.02. The Morgan fingerprint density at radius 3 is 2.73 bits per heavy atom. The minimum Gasteiger partial charge on any atom is -0.449 e. The van der Waals surface area contributed by atoms with Crippen molar-refractivity contribution < 1.29 is 14.3 Å². The van der Waals surface area contributed by atoms with Gasteiger partial charge in [-0.25, -0.2) is 4.79 Å². The van der Waals surface area contributed by atoms with E-state index in [1.165, 1.54) is 0 Å². The molecule has 30 heavy (non-hydrogen) atoms. The first-order valence-corrected chi connectivity index (χ1v) is 10.1. The van der Waals surface area contributed by atoms with E-state index >= 15 is 0 Å². The van der Waals surface area contributed by atoms with Crippen LogP contribution in [0.1, 0.15) is 35.5 Å². The quantitative estimate of drug-likeness (QED) is 0.658. The van der Waals surface area contributed by atoms with E-state index in [1.807, 2.05) is 24.3 Å². The highest BCUT2D eigenvalue weighted by Gasteiger charge is 2.28. The lowest BCUT2D eigenvalue weighted by atomic mass is 9.95. The molecular formula is C23H24N4O3. The van der Waals surface area contributed by atoms with Crippen molar-refractivity contribution in [1.29, 1.82) is 0 Å².